The third kappa shape index (κ3) is 10.5. The molecule has 0 saturated carbocycles. The Bertz CT molecular complexity index is 1130. The molecule has 12 heteroatoms. The summed E-state index contributed by atoms with van der Waals surface area (Å²) in [5.41, 5.74) is 12.8. The fourth-order valence-corrected chi connectivity index (χ4v) is 3.77. The third-order valence-electron chi connectivity index (χ3n) is 5.91. The van der Waals surface area contributed by atoms with Gasteiger partial charge in [0.05, 0.1) is 12.1 Å². The minimum absolute atomic E-state index is 0.0616. The maximum atomic E-state index is 13.3. The molecular weight excluding hydrogens is 506 g/mol. The van der Waals surface area contributed by atoms with Gasteiger partial charge in [-0.2, -0.15) is 0 Å². The predicted octanol–water partition coefficient (Wildman–Crippen LogP) is -1.02. The number of aliphatic hydroxyl groups is 1. The zero-order valence-electron chi connectivity index (χ0n) is 21.6. The van der Waals surface area contributed by atoms with Crippen LogP contribution in [0.4, 0.5) is 0 Å². The van der Waals surface area contributed by atoms with Gasteiger partial charge in [-0.05, 0) is 30.9 Å². The van der Waals surface area contributed by atoms with E-state index in [1.807, 2.05) is 30.3 Å². The van der Waals surface area contributed by atoms with Crippen molar-refractivity contribution >= 4 is 29.6 Å². The van der Waals surface area contributed by atoms with Gasteiger partial charge in [-0.25, -0.2) is 4.79 Å². The van der Waals surface area contributed by atoms with Crippen LogP contribution in [0.3, 0.4) is 0 Å². The molecule has 5 unspecified atom stereocenters. The van der Waals surface area contributed by atoms with Gasteiger partial charge >= 0.3 is 5.97 Å². The molecular formula is C27H35N5O7. The van der Waals surface area contributed by atoms with E-state index in [-0.39, 0.29) is 25.7 Å². The summed E-state index contributed by atoms with van der Waals surface area (Å²) in [5, 5.41) is 26.3. The molecule has 0 aliphatic rings. The van der Waals surface area contributed by atoms with Crippen LogP contribution in [0.1, 0.15) is 30.9 Å². The van der Waals surface area contributed by atoms with E-state index in [9.17, 15) is 34.2 Å². The lowest BCUT2D eigenvalue weighted by atomic mass is 10.0. The molecule has 0 spiro atoms. The van der Waals surface area contributed by atoms with E-state index < -0.39 is 59.9 Å². The molecule has 0 aliphatic heterocycles. The Hall–Kier alpha value is -4.29. The molecule has 210 valence electrons. The van der Waals surface area contributed by atoms with Gasteiger partial charge in [0.15, 0.2) is 6.04 Å². The molecule has 4 amide bonds. The van der Waals surface area contributed by atoms with Gasteiger partial charge in [0, 0.05) is 12.8 Å². The number of benzene rings is 2. The lowest BCUT2D eigenvalue weighted by Crippen LogP contribution is -2.58. The number of amides is 4. The van der Waals surface area contributed by atoms with Crippen LogP contribution in [0.2, 0.25) is 0 Å². The summed E-state index contributed by atoms with van der Waals surface area (Å²) >= 11 is 0. The summed E-state index contributed by atoms with van der Waals surface area (Å²) < 4.78 is 0. The summed E-state index contributed by atoms with van der Waals surface area (Å²) in [5.74, 6) is -4.52. The molecule has 0 heterocycles. The van der Waals surface area contributed by atoms with Gasteiger partial charge in [0.2, 0.25) is 23.6 Å². The minimum Gasteiger partial charge on any atom is -0.480 e. The number of nitrogens with two attached hydrogens (primary N) is 2. The second-order valence-electron chi connectivity index (χ2n) is 9.18. The minimum atomic E-state index is -1.65. The first-order valence-electron chi connectivity index (χ1n) is 12.4. The second-order valence-corrected chi connectivity index (χ2v) is 9.18. The van der Waals surface area contributed by atoms with Crippen LogP contribution in [0.25, 0.3) is 0 Å². The highest BCUT2D eigenvalue weighted by molar-refractivity contribution is 5.94. The number of hydrogen-bond acceptors (Lipinski definition) is 7. The number of carbonyl (C=O) groups is 5. The maximum Gasteiger partial charge on any atom is 0.328 e. The number of aliphatic hydroxyl groups excluding tert-OH is 1. The van der Waals surface area contributed by atoms with Crippen LogP contribution >= 0.6 is 0 Å². The molecule has 2 aromatic rings. The fraction of sp³-hybridized carbons (Fsp3) is 0.370. The van der Waals surface area contributed by atoms with Crippen LogP contribution in [0.15, 0.2) is 60.7 Å². The zero-order valence-corrected chi connectivity index (χ0v) is 21.6. The number of nitrogens with one attached hydrogen (secondary N) is 3. The highest BCUT2D eigenvalue weighted by atomic mass is 16.4. The number of primary amides is 1. The van der Waals surface area contributed by atoms with Crippen LogP contribution in [0, 0.1) is 0 Å². The Morgan fingerprint density at radius 1 is 0.769 bits per heavy atom. The number of carboxylic acids is 1. The van der Waals surface area contributed by atoms with Crippen LogP contribution in [-0.2, 0) is 36.8 Å². The molecule has 0 aliphatic carbocycles. The van der Waals surface area contributed by atoms with Crippen molar-refractivity contribution in [1.82, 2.24) is 16.0 Å². The summed E-state index contributed by atoms with van der Waals surface area (Å²) in [7, 11) is 0. The van der Waals surface area contributed by atoms with Gasteiger partial charge in [-0.15, -0.1) is 0 Å². The largest absolute Gasteiger partial charge is 0.480 e. The van der Waals surface area contributed by atoms with Crippen molar-refractivity contribution in [3.8, 4) is 0 Å². The highest BCUT2D eigenvalue weighted by Crippen LogP contribution is 2.08. The molecule has 2 aromatic carbocycles. The number of rotatable bonds is 15. The van der Waals surface area contributed by atoms with Gasteiger partial charge in [0.1, 0.15) is 12.1 Å². The molecule has 12 nitrogen and oxygen atoms in total. The van der Waals surface area contributed by atoms with Crippen LogP contribution in [-0.4, -0.2) is 70.1 Å². The van der Waals surface area contributed by atoms with Gasteiger partial charge in [-0.3, -0.25) is 19.2 Å². The molecule has 5 atom stereocenters. The van der Waals surface area contributed by atoms with Crippen molar-refractivity contribution in [3.05, 3.63) is 71.8 Å². The van der Waals surface area contributed by atoms with E-state index in [1.165, 1.54) is 6.92 Å². The van der Waals surface area contributed by atoms with Gasteiger partial charge in [-0.1, -0.05) is 60.7 Å². The maximum absolute atomic E-state index is 13.3. The second kappa shape index (κ2) is 15.2. The monoisotopic (exact) mass is 541 g/mol. The standard InChI is InChI=1S/C27H35N5O7/c1-16(33)23(27(38)39)32-25(36)20(12-13-22(29)34)30-26(37)21(15-18-10-6-3-7-11-18)31-24(35)19(28)14-17-8-4-2-5-9-17/h2-11,16,19-21,23,33H,12-15,28H2,1H3,(H2,29,34)(H,30,37)(H,31,35)(H,32,36)(H,38,39). The first-order valence-corrected chi connectivity index (χ1v) is 12.4. The van der Waals surface area contributed by atoms with Crippen molar-refractivity contribution in [2.24, 2.45) is 11.5 Å². The van der Waals surface area contributed by atoms with E-state index in [4.69, 9.17) is 11.5 Å². The van der Waals surface area contributed by atoms with Crippen molar-refractivity contribution < 1.29 is 34.2 Å². The Kier molecular flexibility index (Phi) is 12.1. The Labute approximate surface area is 226 Å². The zero-order chi connectivity index (χ0) is 28.9. The first-order chi connectivity index (χ1) is 18.5. The van der Waals surface area contributed by atoms with E-state index in [1.54, 1.807) is 30.3 Å². The molecule has 0 radical (unpaired) electrons. The van der Waals surface area contributed by atoms with Crippen molar-refractivity contribution in [2.75, 3.05) is 0 Å². The predicted molar refractivity (Wildman–Crippen MR) is 142 cm³/mol. The fourth-order valence-electron chi connectivity index (χ4n) is 3.77. The number of aliphatic carboxylic acids is 1. The Balaban J connectivity index is 2.23. The highest BCUT2D eigenvalue weighted by Gasteiger charge is 2.32. The molecule has 0 saturated heterocycles. The topological polar surface area (TPSA) is 214 Å². The van der Waals surface area contributed by atoms with Crippen molar-refractivity contribution in [1.29, 1.82) is 0 Å². The normalized spacial score (nSPS) is 14.6. The average molecular weight is 542 g/mol. The first kappa shape index (κ1) is 30.9. The van der Waals surface area contributed by atoms with Crippen LogP contribution < -0.4 is 27.4 Å². The molecule has 9 N–H and O–H groups in total. The summed E-state index contributed by atoms with van der Waals surface area (Å²) in [6.07, 6.45) is -1.67. The lowest BCUT2D eigenvalue weighted by Gasteiger charge is -2.26. The number of carboxylic acid groups (broad SMARTS) is 1. The van der Waals surface area contributed by atoms with Crippen LogP contribution in [0.5, 0.6) is 0 Å². The van der Waals surface area contributed by atoms with E-state index in [0.717, 1.165) is 5.56 Å². The lowest BCUT2D eigenvalue weighted by molar-refractivity contribution is -0.145. The number of hydrogen-bond donors (Lipinski definition) is 7. The van der Waals surface area contributed by atoms with E-state index in [2.05, 4.69) is 16.0 Å². The smallest absolute Gasteiger partial charge is 0.328 e. The van der Waals surface area contributed by atoms with Crippen molar-refractivity contribution in [3.63, 3.8) is 0 Å². The van der Waals surface area contributed by atoms with Gasteiger partial charge in [0.25, 0.3) is 0 Å². The summed E-state index contributed by atoms with van der Waals surface area (Å²) in [6, 6.07) is 12.8. The SMILES string of the molecule is CC(O)C(NC(=O)C(CCC(N)=O)NC(=O)C(Cc1ccccc1)NC(=O)C(N)Cc1ccccc1)C(=O)O. The molecule has 0 fully saturated rings. The number of carbonyl (C=O) groups excluding carboxylic acids is 4. The quantitative estimate of drug-likeness (QED) is 0.148. The van der Waals surface area contributed by atoms with E-state index >= 15 is 0 Å². The molecule has 0 bridgehead atoms. The van der Waals surface area contributed by atoms with E-state index in [0.29, 0.717) is 5.56 Å². The Morgan fingerprint density at radius 3 is 1.74 bits per heavy atom. The summed E-state index contributed by atoms with van der Waals surface area (Å²) in [6.45, 7) is 1.18. The van der Waals surface area contributed by atoms with Crippen molar-refractivity contribution in [2.45, 2.75) is 62.9 Å². The molecule has 0 aromatic heterocycles. The molecule has 39 heavy (non-hydrogen) atoms. The third-order valence-corrected chi connectivity index (χ3v) is 5.91. The molecule has 2 rings (SSSR count). The van der Waals surface area contributed by atoms with Gasteiger partial charge < -0.3 is 37.6 Å². The average Bonchev–Trinajstić information content (AvgIpc) is 2.89. The Morgan fingerprint density at radius 2 is 1.26 bits per heavy atom. The summed E-state index contributed by atoms with van der Waals surface area (Å²) in [4.78, 5) is 61.9.